The van der Waals surface area contributed by atoms with Crippen LogP contribution < -0.4 is 0 Å². The molecule has 1 aliphatic carbocycles. The van der Waals surface area contributed by atoms with E-state index in [1.54, 1.807) is 0 Å². The summed E-state index contributed by atoms with van der Waals surface area (Å²) in [7, 11) is 4.54. The molecule has 1 aliphatic rings. The van der Waals surface area contributed by atoms with Gasteiger partial charge in [-0.25, -0.2) is 0 Å². The van der Waals surface area contributed by atoms with E-state index in [1.165, 1.54) is 38.8 Å². The first-order chi connectivity index (χ1) is 6.70. The zero-order valence-electron chi connectivity index (χ0n) is 10.3. The maximum absolute atomic E-state index is 2.52. The van der Waals surface area contributed by atoms with Gasteiger partial charge < -0.3 is 9.80 Å². The Labute approximate surface area is 89.3 Å². The SMILES string of the molecule is CCN(C)C1CCCCC1N(C)CC. The van der Waals surface area contributed by atoms with Gasteiger partial charge in [0.15, 0.2) is 0 Å². The summed E-state index contributed by atoms with van der Waals surface area (Å²) in [6.07, 6.45) is 5.62. The molecule has 0 amide bonds. The van der Waals surface area contributed by atoms with Gasteiger partial charge in [0.05, 0.1) is 0 Å². The molecule has 0 radical (unpaired) electrons. The smallest absolute Gasteiger partial charge is 0.0248 e. The molecule has 2 heteroatoms. The summed E-state index contributed by atoms with van der Waals surface area (Å²) >= 11 is 0. The van der Waals surface area contributed by atoms with Crippen LogP contribution in [0.2, 0.25) is 0 Å². The largest absolute Gasteiger partial charge is 0.302 e. The van der Waals surface area contributed by atoms with Crippen molar-refractivity contribution in [1.29, 1.82) is 0 Å². The molecular formula is C12H26N2. The average molecular weight is 198 g/mol. The highest BCUT2D eigenvalue weighted by Gasteiger charge is 2.29. The first-order valence-electron chi connectivity index (χ1n) is 6.11. The molecule has 1 fully saturated rings. The van der Waals surface area contributed by atoms with Gasteiger partial charge in [-0.1, -0.05) is 26.7 Å². The monoisotopic (exact) mass is 198 g/mol. The molecule has 1 saturated carbocycles. The van der Waals surface area contributed by atoms with E-state index in [9.17, 15) is 0 Å². The van der Waals surface area contributed by atoms with Gasteiger partial charge in [0.25, 0.3) is 0 Å². The quantitative estimate of drug-likeness (QED) is 0.683. The van der Waals surface area contributed by atoms with Crippen molar-refractivity contribution in [2.75, 3.05) is 27.2 Å². The summed E-state index contributed by atoms with van der Waals surface area (Å²) < 4.78 is 0. The van der Waals surface area contributed by atoms with Crippen LogP contribution in [-0.2, 0) is 0 Å². The highest BCUT2D eigenvalue weighted by molar-refractivity contribution is 4.87. The lowest BCUT2D eigenvalue weighted by molar-refractivity contribution is 0.0841. The van der Waals surface area contributed by atoms with E-state index in [0.717, 1.165) is 12.1 Å². The Balaban J connectivity index is 2.58. The Morgan fingerprint density at radius 1 is 0.857 bits per heavy atom. The minimum atomic E-state index is 0.790. The van der Waals surface area contributed by atoms with Crippen molar-refractivity contribution in [3.63, 3.8) is 0 Å². The van der Waals surface area contributed by atoms with Crippen LogP contribution in [0.5, 0.6) is 0 Å². The molecular weight excluding hydrogens is 172 g/mol. The van der Waals surface area contributed by atoms with Crippen LogP contribution in [0.4, 0.5) is 0 Å². The second-order valence-corrected chi connectivity index (χ2v) is 4.57. The summed E-state index contributed by atoms with van der Waals surface area (Å²) in [5.41, 5.74) is 0. The van der Waals surface area contributed by atoms with Crippen LogP contribution in [0.15, 0.2) is 0 Å². The number of nitrogens with zero attached hydrogens (tertiary/aromatic N) is 2. The van der Waals surface area contributed by atoms with Crippen molar-refractivity contribution < 1.29 is 0 Å². The maximum atomic E-state index is 2.52. The third-order valence-corrected chi connectivity index (χ3v) is 3.82. The lowest BCUT2D eigenvalue weighted by Crippen LogP contribution is -2.50. The van der Waals surface area contributed by atoms with Crippen molar-refractivity contribution in [2.24, 2.45) is 0 Å². The van der Waals surface area contributed by atoms with Crippen molar-refractivity contribution in [2.45, 2.75) is 51.6 Å². The van der Waals surface area contributed by atoms with Gasteiger partial charge in [-0.3, -0.25) is 0 Å². The number of likely N-dealkylation sites (N-methyl/N-ethyl adjacent to an activating group) is 2. The zero-order chi connectivity index (χ0) is 10.6. The summed E-state index contributed by atoms with van der Waals surface area (Å²) in [5.74, 6) is 0. The molecule has 0 aliphatic heterocycles. The third-order valence-electron chi connectivity index (χ3n) is 3.82. The normalized spacial score (nSPS) is 28.7. The van der Waals surface area contributed by atoms with E-state index in [0.29, 0.717) is 0 Å². The topological polar surface area (TPSA) is 6.48 Å². The first-order valence-corrected chi connectivity index (χ1v) is 6.11. The molecule has 84 valence electrons. The fraction of sp³-hybridized carbons (Fsp3) is 1.00. The first kappa shape index (κ1) is 12.0. The summed E-state index contributed by atoms with van der Waals surface area (Å²) in [4.78, 5) is 5.05. The van der Waals surface area contributed by atoms with Crippen molar-refractivity contribution in [3.8, 4) is 0 Å². The minimum absolute atomic E-state index is 0.790. The van der Waals surface area contributed by atoms with Gasteiger partial charge >= 0.3 is 0 Å². The molecule has 0 N–H and O–H groups in total. The molecule has 1 rings (SSSR count). The van der Waals surface area contributed by atoms with Crippen LogP contribution in [0.25, 0.3) is 0 Å². The molecule has 14 heavy (non-hydrogen) atoms. The van der Waals surface area contributed by atoms with Gasteiger partial charge in [-0.2, -0.15) is 0 Å². The molecule has 0 saturated heterocycles. The van der Waals surface area contributed by atoms with E-state index in [2.05, 4.69) is 37.7 Å². The molecule has 0 aromatic heterocycles. The fourth-order valence-corrected chi connectivity index (χ4v) is 2.59. The van der Waals surface area contributed by atoms with Gasteiger partial charge in [-0.15, -0.1) is 0 Å². The van der Waals surface area contributed by atoms with Gasteiger partial charge in [0.2, 0.25) is 0 Å². The van der Waals surface area contributed by atoms with Crippen molar-refractivity contribution in [1.82, 2.24) is 9.80 Å². The molecule has 0 bridgehead atoms. The zero-order valence-corrected chi connectivity index (χ0v) is 10.3. The fourth-order valence-electron chi connectivity index (χ4n) is 2.59. The average Bonchev–Trinajstić information content (AvgIpc) is 2.27. The molecule has 2 atom stereocenters. The second-order valence-electron chi connectivity index (χ2n) is 4.57. The summed E-state index contributed by atoms with van der Waals surface area (Å²) in [6, 6.07) is 1.58. The predicted octanol–water partition coefficient (Wildman–Crippen LogP) is 2.20. The van der Waals surface area contributed by atoms with E-state index in [-0.39, 0.29) is 0 Å². The van der Waals surface area contributed by atoms with E-state index < -0.39 is 0 Å². The van der Waals surface area contributed by atoms with Gasteiger partial charge in [-0.05, 0) is 40.0 Å². The van der Waals surface area contributed by atoms with Crippen molar-refractivity contribution in [3.05, 3.63) is 0 Å². The number of hydrogen-bond acceptors (Lipinski definition) is 2. The highest BCUT2D eigenvalue weighted by atomic mass is 15.2. The Morgan fingerprint density at radius 2 is 1.21 bits per heavy atom. The van der Waals surface area contributed by atoms with E-state index in [4.69, 9.17) is 0 Å². The molecule has 0 heterocycles. The highest BCUT2D eigenvalue weighted by Crippen LogP contribution is 2.25. The molecule has 2 nitrogen and oxygen atoms in total. The van der Waals surface area contributed by atoms with E-state index >= 15 is 0 Å². The van der Waals surface area contributed by atoms with Gasteiger partial charge in [0, 0.05) is 12.1 Å². The van der Waals surface area contributed by atoms with Crippen LogP contribution in [0, 0.1) is 0 Å². The standard InChI is InChI=1S/C12H26N2/c1-5-13(3)11-9-7-8-10-12(11)14(4)6-2/h11-12H,5-10H2,1-4H3. The summed E-state index contributed by atoms with van der Waals surface area (Å²) in [5, 5.41) is 0. The number of rotatable bonds is 4. The van der Waals surface area contributed by atoms with Crippen LogP contribution in [0.1, 0.15) is 39.5 Å². The van der Waals surface area contributed by atoms with Crippen LogP contribution in [-0.4, -0.2) is 49.1 Å². The lowest BCUT2D eigenvalue weighted by atomic mass is 9.88. The predicted molar refractivity (Wildman–Crippen MR) is 62.7 cm³/mol. The second kappa shape index (κ2) is 5.72. The lowest BCUT2D eigenvalue weighted by Gasteiger charge is -2.42. The Kier molecular flexibility index (Phi) is 4.90. The third kappa shape index (κ3) is 2.71. The molecule has 0 aromatic rings. The summed E-state index contributed by atoms with van der Waals surface area (Å²) in [6.45, 7) is 6.88. The van der Waals surface area contributed by atoms with Crippen LogP contribution in [0.3, 0.4) is 0 Å². The van der Waals surface area contributed by atoms with Gasteiger partial charge in [0.1, 0.15) is 0 Å². The van der Waals surface area contributed by atoms with Crippen LogP contribution >= 0.6 is 0 Å². The number of hydrogen-bond donors (Lipinski definition) is 0. The Morgan fingerprint density at radius 3 is 1.50 bits per heavy atom. The maximum Gasteiger partial charge on any atom is 0.0248 e. The molecule has 2 unspecified atom stereocenters. The Bertz CT molecular complexity index is 140. The van der Waals surface area contributed by atoms with E-state index in [1.807, 2.05) is 0 Å². The Hall–Kier alpha value is -0.0800. The minimum Gasteiger partial charge on any atom is -0.302 e. The van der Waals surface area contributed by atoms with Crippen molar-refractivity contribution >= 4 is 0 Å². The molecule has 0 aromatic carbocycles. The molecule has 0 spiro atoms.